The van der Waals surface area contributed by atoms with Crippen molar-refractivity contribution >= 4 is 0 Å². The molecule has 1 nitrogen and oxygen atoms in total. The van der Waals surface area contributed by atoms with Crippen LogP contribution in [0.4, 0.5) is 0 Å². The summed E-state index contributed by atoms with van der Waals surface area (Å²) in [7, 11) is 0. The van der Waals surface area contributed by atoms with E-state index in [0.29, 0.717) is 5.41 Å². The fourth-order valence-corrected chi connectivity index (χ4v) is 4.28. The summed E-state index contributed by atoms with van der Waals surface area (Å²) < 4.78 is 0. The Labute approximate surface area is 87.9 Å². The molecule has 0 aromatic heterocycles. The van der Waals surface area contributed by atoms with Gasteiger partial charge in [0.1, 0.15) is 0 Å². The van der Waals surface area contributed by atoms with Crippen LogP contribution in [0.15, 0.2) is 0 Å². The second-order valence-corrected chi connectivity index (χ2v) is 6.30. The van der Waals surface area contributed by atoms with Gasteiger partial charge in [-0.05, 0) is 38.0 Å². The molecule has 0 radical (unpaired) electrons. The molecule has 82 valence electrons. The van der Waals surface area contributed by atoms with E-state index >= 15 is 0 Å². The molecule has 0 aromatic rings. The second kappa shape index (κ2) is 2.98. The van der Waals surface area contributed by atoms with Gasteiger partial charge >= 0.3 is 0 Å². The zero-order valence-electron chi connectivity index (χ0n) is 9.90. The summed E-state index contributed by atoms with van der Waals surface area (Å²) in [6, 6.07) is 0. The summed E-state index contributed by atoms with van der Waals surface area (Å²) in [4.78, 5) is 0. The lowest BCUT2D eigenvalue weighted by Crippen LogP contribution is -2.53. The van der Waals surface area contributed by atoms with Gasteiger partial charge in [-0.1, -0.05) is 33.1 Å². The van der Waals surface area contributed by atoms with Crippen molar-refractivity contribution in [2.75, 3.05) is 0 Å². The SMILES string of the molecule is CC1(C)CCC[C@@]12CCCC[C@]2(C)O. The Morgan fingerprint density at radius 3 is 1.86 bits per heavy atom. The van der Waals surface area contributed by atoms with E-state index in [9.17, 15) is 5.11 Å². The monoisotopic (exact) mass is 196 g/mol. The summed E-state index contributed by atoms with van der Waals surface area (Å²) in [5.41, 5.74) is 0.153. The highest BCUT2D eigenvalue weighted by molar-refractivity contribution is 5.09. The van der Waals surface area contributed by atoms with Crippen LogP contribution in [0.2, 0.25) is 0 Å². The number of hydrogen-bond donors (Lipinski definition) is 1. The highest BCUT2D eigenvalue weighted by Gasteiger charge is 2.58. The van der Waals surface area contributed by atoms with Crippen molar-refractivity contribution < 1.29 is 5.11 Å². The number of hydrogen-bond acceptors (Lipinski definition) is 1. The van der Waals surface area contributed by atoms with Gasteiger partial charge in [-0.2, -0.15) is 0 Å². The predicted molar refractivity (Wildman–Crippen MR) is 59.2 cm³/mol. The molecule has 0 aromatic carbocycles. The van der Waals surface area contributed by atoms with Gasteiger partial charge in [0.05, 0.1) is 5.60 Å². The Morgan fingerprint density at radius 1 is 0.786 bits per heavy atom. The fraction of sp³-hybridized carbons (Fsp3) is 1.00. The average Bonchev–Trinajstić information content (AvgIpc) is 2.35. The third-order valence-electron chi connectivity index (χ3n) is 5.25. The summed E-state index contributed by atoms with van der Waals surface area (Å²) in [6.07, 6.45) is 8.63. The van der Waals surface area contributed by atoms with Crippen molar-refractivity contribution in [2.24, 2.45) is 10.8 Å². The van der Waals surface area contributed by atoms with Gasteiger partial charge < -0.3 is 5.11 Å². The molecule has 1 N–H and O–H groups in total. The van der Waals surface area contributed by atoms with E-state index in [2.05, 4.69) is 20.8 Å². The Bertz CT molecular complexity index is 229. The lowest BCUT2D eigenvalue weighted by atomic mass is 9.53. The van der Waals surface area contributed by atoms with Crippen LogP contribution in [0.3, 0.4) is 0 Å². The molecule has 2 saturated carbocycles. The first kappa shape index (κ1) is 10.5. The summed E-state index contributed by atoms with van der Waals surface area (Å²) in [6.45, 7) is 6.80. The maximum absolute atomic E-state index is 10.7. The summed E-state index contributed by atoms with van der Waals surface area (Å²) in [5, 5.41) is 10.7. The van der Waals surface area contributed by atoms with Gasteiger partial charge in [0.25, 0.3) is 0 Å². The maximum atomic E-state index is 10.7. The summed E-state index contributed by atoms with van der Waals surface area (Å²) >= 11 is 0. The number of aliphatic hydroxyl groups is 1. The van der Waals surface area contributed by atoms with Crippen LogP contribution in [0.1, 0.15) is 65.7 Å². The largest absolute Gasteiger partial charge is 0.390 e. The Morgan fingerprint density at radius 2 is 1.36 bits per heavy atom. The van der Waals surface area contributed by atoms with Gasteiger partial charge in [0, 0.05) is 5.41 Å². The second-order valence-electron chi connectivity index (χ2n) is 6.30. The first-order valence-electron chi connectivity index (χ1n) is 6.14. The molecule has 0 heterocycles. The maximum Gasteiger partial charge on any atom is 0.0680 e. The van der Waals surface area contributed by atoms with Crippen LogP contribution in [0, 0.1) is 10.8 Å². The Hall–Kier alpha value is -0.0400. The van der Waals surface area contributed by atoms with Gasteiger partial charge in [0.2, 0.25) is 0 Å². The molecular weight excluding hydrogens is 172 g/mol. The molecule has 0 aliphatic heterocycles. The van der Waals surface area contributed by atoms with Crippen LogP contribution in [0.5, 0.6) is 0 Å². The topological polar surface area (TPSA) is 20.2 Å². The minimum absolute atomic E-state index is 0.220. The average molecular weight is 196 g/mol. The van der Waals surface area contributed by atoms with E-state index in [1.54, 1.807) is 0 Å². The minimum atomic E-state index is -0.411. The third kappa shape index (κ3) is 1.18. The van der Waals surface area contributed by atoms with Crippen LogP contribution in [-0.4, -0.2) is 10.7 Å². The molecule has 2 rings (SSSR count). The number of rotatable bonds is 0. The standard InChI is InChI=1S/C13H24O/c1-11(2)7-6-10-13(11)9-5-4-8-12(13,3)14/h14H,4-10H2,1-3H3/t12-,13-/m0/s1. The molecule has 1 spiro atoms. The smallest absolute Gasteiger partial charge is 0.0680 e. The van der Waals surface area contributed by atoms with E-state index in [1.165, 1.54) is 38.5 Å². The van der Waals surface area contributed by atoms with Gasteiger partial charge in [0.15, 0.2) is 0 Å². The van der Waals surface area contributed by atoms with E-state index in [-0.39, 0.29) is 5.41 Å². The zero-order valence-corrected chi connectivity index (χ0v) is 9.90. The van der Waals surface area contributed by atoms with Crippen LogP contribution in [0.25, 0.3) is 0 Å². The Kier molecular flexibility index (Phi) is 2.23. The van der Waals surface area contributed by atoms with Gasteiger partial charge in [-0.3, -0.25) is 0 Å². The highest BCUT2D eigenvalue weighted by Crippen LogP contribution is 2.63. The van der Waals surface area contributed by atoms with Gasteiger partial charge in [-0.25, -0.2) is 0 Å². The van der Waals surface area contributed by atoms with E-state index in [4.69, 9.17) is 0 Å². The Balaban J connectivity index is 2.36. The van der Waals surface area contributed by atoms with Crippen molar-refractivity contribution in [3.05, 3.63) is 0 Å². The van der Waals surface area contributed by atoms with Crippen molar-refractivity contribution in [3.63, 3.8) is 0 Å². The van der Waals surface area contributed by atoms with Gasteiger partial charge in [-0.15, -0.1) is 0 Å². The minimum Gasteiger partial charge on any atom is -0.390 e. The van der Waals surface area contributed by atoms with Crippen molar-refractivity contribution in [1.29, 1.82) is 0 Å². The van der Waals surface area contributed by atoms with E-state index in [1.807, 2.05) is 0 Å². The van der Waals surface area contributed by atoms with Crippen LogP contribution >= 0.6 is 0 Å². The van der Waals surface area contributed by atoms with E-state index in [0.717, 1.165) is 6.42 Å². The first-order chi connectivity index (χ1) is 6.41. The quantitative estimate of drug-likeness (QED) is 0.628. The molecule has 2 aliphatic rings. The first-order valence-corrected chi connectivity index (χ1v) is 6.14. The van der Waals surface area contributed by atoms with E-state index < -0.39 is 5.60 Å². The molecule has 0 saturated heterocycles. The zero-order chi connectivity index (χ0) is 10.4. The van der Waals surface area contributed by atoms with Crippen molar-refractivity contribution in [2.45, 2.75) is 71.3 Å². The molecule has 2 aliphatic carbocycles. The molecule has 0 unspecified atom stereocenters. The molecular formula is C13H24O. The molecule has 14 heavy (non-hydrogen) atoms. The predicted octanol–water partition coefficient (Wildman–Crippen LogP) is 3.51. The van der Waals surface area contributed by atoms with Crippen LogP contribution < -0.4 is 0 Å². The molecule has 0 bridgehead atoms. The van der Waals surface area contributed by atoms with Crippen molar-refractivity contribution in [1.82, 2.24) is 0 Å². The highest BCUT2D eigenvalue weighted by atomic mass is 16.3. The lowest BCUT2D eigenvalue weighted by molar-refractivity contribution is -0.146. The fourth-order valence-electron chi connectivity index (χ4n) is 4.28. The molecule has 0 amide bonds. The molecule has 1 heteroatoms. The van der Waals surface area contributed by atoms with Crippen LogP contribution in [-0.2, 0) is 0 Å². The van der Waals surface area contributed by atoms with Crippen molar-refractivity contribution in [3.8, 4) is 0 Å². The lowest BCUT2D eigenvalue weighted by Gasteiger charge is -2.54. The normalized spacial score (nSPS) is 47.1. The summed E-state index contributed by atoms with van der Waals surface area (Å²) in [5.74, 6) is 0. The third-order valence-corrected chi connectivity index (χ3v) is 5.25. The molecule has 2 fully saturated rings. The molecule has 2 atom stereocenters.